The predicted molar refractivity (Wildman–Crippen MR) is 70.1 cm³/mol. The molecular formula is C15H15F3N2. The quantitative estimate of drug-likeness (QED) is 0.823. The number of hydrogen-bond donors (Lipinski definition) is 0. The van der Waals surface area contributed by atoms with Gasteiger partial charge in [0.1, 0.15) is 5.82 Å². The van der Waals surface area contributed by atoms with Crippen LogP contribution in [-0.2, 0) is 13.0 Å². The number of aryl methyl sites for hydroxylation is 1. The summed E-state index contributed by atoms with van der Waals surface area (Å²) >= 11 is 0. The lowest BCUT2D eigenvalue weighted by atomic mass is 10.00. The van der Waals surface area contributed by atoms with Crippen LogP contribution in [-0.4, -0.2) is 9.78 Å². The first-order valence-corrected chi connectivity index (χ1v) is 6.57. The maximum absolute atomic E-state index is 13.7. The number of nitrogens with zero attached hydrogens (tertiary/aromatic N) is 2. The summed E-state index contributed by atoms with van der Waals surface area (Å²) in [5.41, 5.74) is 1.90. The fourth-order valence-electron chi connectivity index (χ4n) is 2.48. The summed E-state index contributed by atoms with van der Waals surface area (Å²) in [6.07, 6.45) is 3.90. The van der Waals surface area contributed by atoms with Crippen molar-refractivity contribution in [2.75, 3.05) is 0 Å². The van der Waals surface area contributed by atoms with Crippen molar-refractivity contribution >= 4 is 0 Å². The Bertz CT molecular complexity index is 652. The summed E-state index contributed by atoms with van der Waals surface area (Å²) in [5, 5.41) is 4.18. The summed E-state index contributed by atoms with van der Waals surface area (Å²) in [4.78, 5) is 0. The van der Waals surface area contributed by atoms with Crippen LogP contribution in [0.25, 0.3) is 11.3 Å². The van der Waals surface area contributed by atoms with Crippen LogP contribution in [0.15, 0.2) is 24.4 Å². The average Bonchev–Trinajstić information content (AvgIpc) is 3.11. The van der Waals surface area contributed by atoms with E-state index in [2.05, 4.69) is 5.10 Å². The molecule has 0 amide bonds. The molecule has 2 nitrogen and oxygen atoms in total. The van der Waals surface area contributed by atoms with Crippen molar-refractivity contribution < 1.29 is 13.2 Å². The van der Waals surface area contributed by atoms with Gasteiger partial charge in [0.05, 0.1) is 11.9 Å². The van der Waals surface area contributed by atoms with Gasteiger partial charge in [0, 0.05) is 30.7 Å². The molecule has 0 radical (unpaired) electrons. The topological polar surface area (TPSA) is 17.8 Å². The van der Waals surface area contributed by atoms with Gasteiger partial charge in [-0.2, -0.15) is 5.10 Å². The number of halogens is 3. The van der Waals surface area contributed by atoms with Crippen LogP contribution in [0.5, 0.6) is 0 Å². The van der Waals surface area contributed by atoms with Crippen molar-refractivity contribution in [2.45, 2.75) is 31.6 Å². The van der Waals surface area contributed by atoms with E-state index < -0.39 is 11.7 Å². The second-order valence-corrected chi connectivity index (χ2v) is 5.46. The normalized spacial score (nSPS) is 15.7. The van der Waals surface area contributed by atoms with Crippen molar-refractivity contribution in [1.82, 2.24) is 9.78 Å². The van der Waals surface area contributed by atoms with E-state index in [-0.39, 0.29) is 5.56 Å². The molecule has 0 unspecified atom stereocenters. The second kappa shape index (κ2) is 4.36. The minimum Gasteiger partial charge on any atom is -0.268 e. The first-order chi connectivity index (χ1) is 9.36. The van der Waals surface area contributed by atoms with E-state index in [1.165, 1.54) is 12.1 Å². The highest BCUT2D eigenvalue weighted by atomic mass is 19.3. The van der Waals surface area contributed by atoms with Gasteiger partial charge in [-0.25, -0.2) is 13.2 Å². The van der Waals surface area contributed by atoms with Crippen LogP contribution in [0, 0.1) is 5.82 Å². The maximum atomic E-state index is 13.7. The van der Waals surface area contributed by atoms with Crippen molar-refractivity contribution in [3.8, 4) is 11.3 Å². The van der Waals surface area contributed by atoms with Gasteiger partial charge in [0.25, 0.3) is 5.92 Å². The lowest BCUT2D eigenvalue weighted by Gasteiger charge is -2.13. The number of alkyl halides is 2. The molecule has 0 aliphatic heterocycles. The summed E-state index contributed by atoms with van der Waals surface area (Å²) in [6, 6.07) is 3.53. The van der Waals surface area contributed by atoms with Gasteiger partial charge in [-0.3, -0.25) is 4.68 Å². The van der Waals surface area contributed by atoms with E-state index in [1.54, 1.807) is 17.9 Å². The Morgan fingerprint density at radius 3 is 2.55 bits per heavy atom. The first kappa shape index (κ1) is 13.2. The molecule has 3 rings (SSSR count). The molecule has 106 valence electrons. The molecule has 1 saturated carbocycles. The summed E-state index contributed by atoms with van der Waals surface area (Å²) in [6.45, 7) is 0.774. The molecule has 1 aromatic carbocycles. The van der Waals surface area contributed by atoms with Gasteiger partial charge in [0.15, 0.2) is 0 Å². The standard InChI is InChI=1S/C15H15F3N2/c1-15(17,18)11-5-10(6-12(16)7-11)14-13(9-3-4-9)8-19-20(14)2/h5-9H,3-4H2,1-2H3. The van der Waals surface area contributed by atoms with Crippen molar-refractivity contribution in [2.24, 2.45) is 7.05 Å². The molecule has 2 aromatic rings. The van der Waals surface area contributed by atoms with E-state index in [4.69, 9.17) is 0 Å². The molecular weight excluding hydrogens is 265 g/mol. The molecule has 5 heteroatoms. The van der Waals surface area contributed by atoms with Crippen molar-refractivity contribution in [3.63, 3.8) is 0 Å². The van der Waals surface area contributed by atoms with Gasteiger partial charge in [0.2, 0.25) is 0 Å². The van der Waals surface area contributed by atoms with Crippen LogP contribution in [0.4, 0.5) is 13.2 Å². The Balaban J connectivity index is 2.15. The van der Waals surface area contributed by atoms with Crippen molar-refractivity contribution in [3.05, 3.63) is 41.3 Å². The zero-order valence-corrected chi connectivity index (χ0v) is 11.3. The minimum atomic E-state index is -3.06. The van der Waals surface area contributed by atoms with Crippen LogP contribution in [0.3, 0.4) is 0 Å². The lowest BCUT2D eigenvalue weighted by Crippen LogP contribution is -2.08. The van der Waals surface area contributed by atoms with Crippen LogP contribution in [0.1, 0.15) is 36.8 Å². The van der Waals surface area contributed by atoms with Crippen molar-refractivity contribution in [1.29, 1.82) is 0 Å². The number of benzene rings is 1. The fourth-order valence-corrected chi connectivity index (χ4v) is 2.48. The molecule has 1 heterocycles. The minimum absolute atomic E-state index is 0.310. The Morgan fingerprint density at radius 2 is 1.95 bits per heavy atom. The molecule has 1 fully saturated rings. The number of aromatic nitrogens is 2. The van der Waals surface area contributed by atoms with Gasteiger partial charge in [-0.05, 0) is 37.0 Å². The zero-order valence-electron chi connectivity index (χ0n) is 11.3. The Hall–Kier alpha value is -1.78. The summed E-state index contributed by atoms with van der Waals surface area (Å²) < 4.78 is 42.2. The predicted octanol–water partition coefficient (Wildman–Crippen LogP) is 4.22. The third kappa shape index (κ3) is 2.32. The number of rotatable bonds is 3. The maximum Gasteiger partial charge on any atom is 0.270 e. The number of hydrogen-bond acceptors (Lipinski definition) is 1. The lowest BCUT2D eigenvalue weighted by molar-refractivity contribution is 0.0172. The van der Waals surface area contributed by atoms with E-state index in [0.29, 0.717) is 11.5 Å². The molecule has 0 N–H and O–H groups in total. The van der Waals surface area contributed by atoms with Gasteiger partial charge in [-0.15, -0.1) is 0 Å². The molecule has 0 spiro atoms. The molecule has 1 aromatic heterocycles. The highest BCUT2D eigenvalue weighted by molar-refractivity contribution is 5.66. The molecule has 0 bridgehead atoms. The van der Waals surface area contributed by atoms with Crippen LogP contribution >= 0.6 is 0 Å². The largest absolute Gasteiger partial charge is 0.270 e. The van der Waals surface area contributed by atoms with Gasteiger partial charge < -0.3 is 0 Å². The molecule has 0 atom stereocenters. The van der Waals surface area contributed by atoms with Crippen LogP contribution < -0.4 is 0 Å². The second-order valence-electron chi connectivity index (χ2n) is 5.46. The third-order valence-electron chi connectivity index (χ3n) is 3.66. The molecule has 0 saturated heterocycles. The van der Waals surface area contributed by atoms with Gasteiger partial charge >= 0.3 is 0 Å². The molecule has 20 heavy (non-hydrogen) atoms. The zero-order chi connectivity index (χ0) is 14.5. The SMILES string of the molecule is Cn1ncc(C2CC2)c1-c1cc(F)cc(C(C)(F)F)c1. The Kier molecular flexibility index (Phi) is 2.88. The fraction of sp³-hybridized carbons (Fsp3) is 0.400. The highest BCUT2D eigenvalue weighted by Gasteiger charge is 2.30. The average molecular weight is 280 g/mol. The van der Waals surface area contributed by atoms with E-state index in [1.807, 2.05) is 0 Å². The van der Waals surface area contributed by atoms with Gasteiger partial charge in [-0.1, -0.05) is 0 Å². The van der Waals surface area contributed by atoms with E-state index in [9.17, 15) is 13.2 Å². The van der Waals surface area contributed by atoms with E-state index >= 15 is 0 Å². The highest BCUT2D eigenvalue weighted by Crippen LogP contribution is 2.44. The van der Waals surface area contributed by atoms with Crippen LogP contribution in [0.2, 0.25) is 0 Å². The summed E-state index contributed by atoms with van der Waals surface area (Å²) in [7, 11) is 1.75. The Labute approximate surface area is 115 Å². The Morgan fingerprint density at radius 1 is 1.25 bits per heavy atom. The molecule has 1 aliphatic carbocycles. The van der Waals surface area contributed by atoms with E-state index in [0.717, 1.165) is 37.1 Å². The smallest absolute Gasteiger partial charge is 0.268 e. The summed E-state index contributed by atoms with van der Waals surface area (Å²) in [5.74, 6) is -3.29. The third-order valence-corrected chi connectivity index (χ3v) is 3.66. The molecule has 1 aliphatic rings. The monoisotopic (exact) mass is 280 g/mol. The first-order valence-electron chi connectivity index (χ1n) is 6.57.